The van der Waals surface area contributed by atoms with Crippen LogP contribution in [0, 0.1) is 6.92 Å². The Balaban J connectivity index is 1.86. The zero-order chi connectivity index (χ0) is 14.8. The van der Waals surface area contributed by atoms with Crippen molar-refractivity contribution in [2.45, 2.75) is 13.3 Å². The van der Waals surface area contributed by atoms with E-state index in [2.05, 4.69) is 45.1 Å². The Morgan fingerprint density at radius 3 is 2.76 bits per heavy atom. The van der Waals surface area contributed by atoms with Crippen molar-refractivity contribution in [1.82, 2.24) is 10.1 Å². The lowest BCUT2D eigenvalue weighted by molar-refractivity contribution is 0.423. The highest BCUT2D eigenvalue weighted by molar-refractivity contribution is 9.10. The van der Waals surface area contributed by atoms with Gasteiger partial charge in [-0.3, -0.25) is 0 Å². The molecule has 0 bridgehead atoms. The molecule has 0 aliphatic carbocycles. The summed E-state index contributed by atoms with van der Waals surface area (Å²) in [5.74, 6) is 1.18. The van der Waals surface area contributed by atoms with E-state index in [9.17, 15) is 5.11 Å². The van der Waals surface area contributed by atoms with Crippen LogP contribution >= 0.6 is 15.9 Å². The van der Waals surface area contributed by atoms with E-state index in [-0.39, 0.29) is 5.75 Å². The number of hydrogen-bond donors (Lipinski definition) is 1. The lowest BCUT2D eigenvalue weighted by Crippen LogP contribution is -1.93. The molecule has 1 aromatic heterocycles. The monoisotopic (exact) mass is 344 g/mol. The van der Waals surface area contributed by atoms with Gasteiger partial charge in [-0.1, -0.05) is 29.4 Å². The third-order valence-electron chi connectivity index (χ3n) is 3.27. The minimum absolute atomic E-state index is 0.145. The summed E-state index contributed by atoms with van der Waals surface area (Å²) in [6, 6.07) is 13.3. The molecule has 3 aromatic rings. The van der Waals surface area contributed by atoms with Crippen molar-refractivity contribution in [3.63, 3.8) is 0 Å². The Morgan fingerprint density at radius 1 is 1.19 bits per heavy atom. The number of aryl methyl sites for hydroxylation is 1. The molecule has 5 heteroatoms. The zero-order valence-corrected chi connectivity index (χ0v) is 13.0. The molecular formula is C16H13BrN2O2. The number of phenolic OH excluding ortho intramolecular Hbond substituents is 1. The number of rotatable bonds is 3. The molecule has 1 N–H and O–H groups in total. The van der Waals surface area contributed by atoms with Crippen LogP contribution in [0.3, 0.4) is 0 Å². The first-order valence-electron chi connectivity index (χ1n) is 6.49. The first kappa shape index (κ1) is 13.8. The van der Waals surface area contributed by atoms with Crippen LogP contribution < -0.4 is 0 Å². The average molecular weight is 345 g/mol. The summed E-state index contributed by atoms with van der Waals surface area (Å²) in [5.41, 5.74) is 3.06. The van der Waals surface area contributed by atoms with Crippen LogP contribution in [0.15, 0.2) is 51.5 Å². The van der Waals surface area contributed by atoms with Crippen LogP contribution in [0.25, 0.3) is 11.5 Å². The van der Waals surface area contributed by atoms with E-state index in [0.717, 1.165) is 0 Å². The van der Waals surface area contributed by atoms with Crippen molar-refractivity contribution in [2.75, 3.05) is 0 Å². The molecule has 0 atom stereocenters. The second kappa shape index (κ2) is 5.69. The van der Waals surface area contributed by atoms with Crippen molar-refractivity contribution < 1.29 is 9.63 Å². The highest BCUT2D eigenvalue weighted by Crippen LogP contribution is 2.29. The normalized spacial score (nSPS) is 10.8. The molecule has 1 heterocycles. The fraction of sp³-hybridized carbons (Fsp3) is 0.125. The number of aromatic nitrogens is 2. The molecule has 0 fully saturated rings. The van der Waals surface area contributed by atoms with Crippen molar-refractivity contribution in [3.8, 4) is 17.2 Å². The van der Waals surface area contributed by atoms with Crippen molar-refractivity contribution in [1.29, 1.82) is 0 Å². The molecule has 0 radical (unpaired) electrons. The molecular weight excluding hydrogens is 332 g/mol. The van der Waals surface area contributed by atoms with Crippen molar-refractivity contribution >= 4 is 15.9 Å². The first-order chi connectivity index (χ1) is 10.1. The van der Waals surface area contributed by atoms with Crippen LogP contribution in [0.2, 0.25) is 0 Å². The van der Waals surface area contributed by atoms with Crippen LogP contribution in [0.4, 0.5) is 0 Å². The Hall–Kier alpha value is -2.14. The van der Waals surface area contributed by atoms with E-state index in [0.29, 0.717) is 28.2 Å². The number of halogens is 1. The third kappa shape index (κ3) is 2.97. The molecule has 2 aromatic carbocycles. The molecule has 0 spiro atoms. The summed E-state index contributed by atoms with van der Waals surface area (Å²) >= 11 is 3.24. The Labute approximate surface area is 130 Å². The molecule has 4 nitrogen and oxygen atoms in total. The number of hydrogen-bond acceptors (Lipinski definition) is 4. The van der Waals surface area contributed by atoms with E-state index in [1.54, 1.807) is 12.1 Å². The third-order valence-corrected chi connectivity index (χ3v) is 3.94. The van der Waals surface area contributed by atoms with Crippen molar-refractivity contribution in [3.05, 3.63) is 63.9 Å². The van der Waals surface area contributed by atoms with Crippen LogP contribution in [-0.2, 0) is 6.42 Å². The van der Waals surface area contributed by atoms with Gasteiger partial charge in [-0.25, -0.2) is 0 Å². The summed E-state index contributed by atoms with van der Waals surface area (Å²) < 4.78 is 5.90. The first-order valence-corrected chi connectivity index (χ1v) is 7.29. The fourth-order valence-corrected chi connectivity index (χ4v) is 2.31. The van der Waals surface area contributed by atoms with E-state index in [1.165, 1.54) is 11.1 Å². The largest absolute Gasteiger partial charge is 0.507 e. The maximum atomic E-state index is 9.70. The predicted octanol–water partition coefficient (Wildman–Crippen LogP) is 4.10. The van der Waals surface area contributed by atoms with E-state index >= 15 is 0 Å². The van der Waals surface area contributed by atoms with Gasteiger partial charge in [-0.15, -0.1) is 0 Å². The molecule has 0 saturated carbocycles. The number of benzene rings is 2. The second-order valence-corrected chi connectivity index (χ2v) is 5.64. The summed E-state index contributed by atoms with van der Waals surface area (Å²) in [6.07, 6.45) is 0.624. The van der Waals surface area contributed by atoms with Gasteiger partial charge in [0.1, 0.15) is 5.75 Å². The van der Waals surface area contributed by atoms with Gasteiger partial charge >= 0.3 is 0 Å². The van der Waals surface area contributed by atoms with E-state index < -0.39 is 0 Å². The molecule has 0 unspecified atom stereocenters. The molecule has 0 saturated heterocycles. The summed E-state index contributed by atoms with van der Waals surface area (Å²) in [5, 5.41) is 13.7. The lowest BCUT2D eigenvalue weighted by Gasteiger charge is -2.01. The van der Waals surface area contributed by atoms with Crippen LogP contribution in [0.5, 0.6) is 5.75 Å². The SMILES string of the molecule is Cc1ccccc1Cc1noc(-c2ccc(Br)c(O)c2)n1. The van der Waals surface area contributed by atoms with Gasteiger partial charge in [0.15, 0.2) is 5.82 Å². The van der Waals surface area contributed by atoms with Gasteiger partial charge in [-0.2, -0.15) is 4.98 Å². The minimum Gasteiger partial charge on any atom is -0.507 e. The van der Waals surface area contributed by atoms with Gasteiger partial charge in [0, 0.05) is 12.0 Å². The smallest absolute Gasteiger partial charge is 0.258 e. The van der Waals surface area contributed by atoms with Gasteiger partial charge < -0.3 is 9.63 Å². The number of phenols is 1. The quantitative estimate of drug-likeness (QED) is 0.776. The molecule has 106 valence electrons. The molecule has 0 amide bonds. The molecule has 0 aliphatic heterocycles. The Kier molecular flexibility index (Phi) is 3.75. The van der Waals surface area contributed by atoms with Gasteiger partial charge in [0.2, 0.25) is 0 Å². The standard InChI is InChI=1S/C16H13BrN2O2/c1-10-4-2-3-5-11(10)9-15-18-16(21-19-15)12-6-7-13(17)14(20)8-12/h2-8,20H,9H2,1H3. The van der Waals surface area contributed by atoms with Gasteiger partial charge in [0.25, 0.3) is 5.89 Å². The Bertz CT molecular complexity index is 783. The molecule has 21 heavy (non-hydrogen) atoms. The van der Waals surface area contributed by atoms with Crippen LogP contribution in [0.1, 0.15) is 17.0 Å². The minimum atomic E-state index is 0.145. The summed E-state index contributed by atoms with van der Waals surface area (Å²) in [7, 11) is 0. The summed E-state index contributed by atoms with van der Waals surface area (Å²) in [6.45, 7) is 2.06. The highest BCUT2D eigenvalue weighted by Gasteiger charge is 2.11. The maximum absolute atomic E-state index is 9.70. The number of nitrogens with zero attached hydrogens (tertiary/aromatic N) is 2. The molecule has 3 rings (SSSR count). The lowest BCUT2D eigenvalue weighted by atomic mass is 10.1. The highest BCUT2D eigenvalue weighted by atomic mass is 79.9. The van der Waals surface area contributed by atoms with E-state index in [4.69, 9.17) is 4.52 Å². The topological polar surface area (TPSA) is 59.2 Å². The zero-order valence-electron chi connectivity index (χ0n) is 11.4. The van der Waals surface area contributed by atoms with Crippen molar-refractivity contribution in [2.24, 2.45) is 0 Å². The summed E-state index contributed by atoms with van der Waals surface area (Å²) in [4.78, 5) is 4.38. The van der Waals surface area contributed by atoms with Gasteiger partial charge in [0.05, 0.1) is 4.47 Å². The van der Waals surface area contributed by atoms with Crippen LogP contribution in [-0.4, -0.2) is 15.2 Å². The predicted molar refractivity (Wildman–Crippen MR) is 83.1 cm³/mol. The van der Waals surface area contributed by atoms with E-state index in [1.807, 2.05) is 18.2 Å². The van der Waals surface area contributed by atoms with Gasteiger partial charge in [-0.05, 0) is 52.2 Å². The number of aromatic hydroxyl groups is 1. The Morgan fingerprint density at radius 2 is 2.00 bits per heavy atom. The fourth-order valence-electron chi connectivity index (χ4n) is 2.07. The molecule has 0 aliphatic rings. The maximum Gasteiger partial charge on any atom is 0.258 e. The second-order valence-electron chi connectivity index (χ2n) is 4.79. The average Bonchev–Trinajstić information content (AvgIpc) is 2.93.